The summed E-state index contributed by atoms with van der Waals surface area (Å²) in [6, 6.07) is 18.4. The Morgan fingerprint density at radius 3 is 2.67 bits per heavy atom. The molecule has 0 unspecified atom stereocenters. The van der Waals surface area contributed by atoms with Crippen molar-refractivity contribution in [3.8, 4) is 17.1 Å². The number of para-hydroxylation sites is 1. The van der Waals surface area contributed by atoms with Crippen LogP contribution in [0.5, 0.6) is 0 Å². The number of halogens is 1. The number of hydrogen-bond donors (Lipinski definition) is 0. The predicted molar refractivity (Wildman–Crippen MR) is 114 cm³/mol. The Morgan fingerprint density at radius 2 is 1.85 bits per heavy atom. The van der Waals surface area contributed by atoms with Gasteiger partial charge in [0.2, 0.25) is 0 Å². The second-order valence-corrected chi connectivity index (χ2v) is 8.49. The number of thioether (sulfide) groups is 1. The lowest BCUT2D eigenvalue weighted by Gasteiger charge is -2.10. The van der Waals surface area contributed by atoms with E-state index in [0.29, 0.717) is 13.2 Å². The highest BCUT2D eigenvalue weighted by molar-refractivity contribution is 7.99. The highest BCUT2D eigenvalue weighted by atomic mass is 35.5. The Hall–Kier alpha value is -1.86. The summed E-state index contributed by atoms with van der Waals surface area (Å²) < 4.78 is 9.41. The van der Waals surface area contributed by atoms with Gasteiger partial charge in [-0.2, -0.15) is 0 Å². The molecule has 0 spiro atoms. The maximum Gasteiger partial charge on any atom is 0.196 e. The van der Waals surface area contributed by atoms with Crippen LogP contribution in [0.4, 0.5) is 0 Å². The lowest BCUT2D eigenvalue weighted by molar-refractivity contribution is 0.164. The summed E-state index contributed by atoms with van der Waals surface area (Å²) in [6.45, 7) is 3.40. The van der Waals surface area contributed by atoms with Crippen LogP contribution < -0.4 is 0 Å². The van der Waals surface area contributed by atoms with E-state index >= 15 is 0 Å². The van der Waals surface area contributed by atoms with E-state index in [9.17, 15) is 0 Å². The Balaban J connectivity index is 1.83. The van der Waals surface area contributed by atoms with Crippen molar-refractivity contribution >= 4 is 44.8 Å². The molecule has 2 aromatic carbocycles. The maximum atomic E-state index is 6.63. The van der Waals surface area contributed by atoms with E-state index in [0.717, 1.165) is 42.4 Å². The Bertz CT molecular complexity index is 1050. The molecule has 0 saturated carbocycles. The van der Waals surface area contributed by atoms with Crippen LogP contribution in [0.25, 0.3) is 27.2 Å². The topological polar surface area (TPSA) is 39.9 Å². The second-order valence-electron chi connectivity index (χ2n) is 5.77. The summed E-state index contributed by atoms with van der Waals surface area (Å²) >= 11 is 9.83. The van der Waals surface area contributed by atoms with E-state index in [1.807, 2.05) is 37.3 Å². The number of hydrogen-bond acceptors (Lipinski definition) is 5. The minimum Gasteiger partial charge on any atom is -0.381 e. The zero-order chi connectivity index (χ0) is 18.6. The van der Waals surface area contributed by atoms with E-state index in [1.165, 1.54) is 0 Å². The van der Waals surface area contributed by atoms with Gasteiger partial charge in [0.05, 0.1) is 12.2 Å². The van der Waals surface area contributed by atoms with E-state index < -0.39 is 0 Å². The van der Waals surface area contributed by atoms with Gasteiger partial charge < -0.3 is 4.74 Å². The zero-order valence-corrected chi connectivity index (χ0v) is 17.2. The molecule has 138 valence electrons. The summed E-state index contributed by atoms with van der Waals surface area (Å²) in [6.07, 6.45) is 0. The van der Waals surface area contributed by atoms with Crippen molar-refractivity contribution in [3.05, 3.63) is 58.9 Å². The normalized spacial score (nSPS) is 11.3. The van der Waals surface area contributed by atoms with Crippen LogP contribution in [0.15, 0.2) is 59.8 Å². The van der Waals surface area contributed by atoms with Gasteiger partial charge in [-0.05, 0) is 25.1 Å². The van der Waals surface area contributed by atoms with Crippen molar-refractivity contribution in [1.82, 2.24) is 14.8 Å². The Labute approximate surface area is 171 Å². The molecule has 7 heteroatoms. The first kappa shape index (κ1) is 18.5. The number of benzene rings is 2. The molecule has 0 N–H and O–H groups in total. The zero-order valence-electron chi connectivity index (χ0n) is 14.8. The van der Waals surface area contributed by atoms with Crippen LogP contribution in [-0.2, 0) is 4.74 Å². The van der Waals surface area contributed by atoms with Crippen molar-refractivity contribution in [2.75, 3.05) is 19.0 Å². The second kappa shape index (κ2) is 8.44. The molecule has 4 rings (SSSR count). The Morgan fingerprint density at radius 1 is 1.07 bits per heavy atom. The highest BCUT2D eigenvalue weighted by Crippen LogP contribution is 2.42. The van der Waals surface area contributed by atoms with Crippen molar-refractivity contribution in [1.29, 1.82) is 0 Å². The molecule has 0 amide bonds. The monoisotopic (exact) mass is 415 g/mol. The summed E-state index contributed by atoms with van der Waals surface area (Å²) in [5.41, 5.74) is 1.95. The molecule has 0 aliphatic rings. The lowest BCUT2D eigenvalue weighted by Crippen LogP contribution is -2.01. The smallest absolute Gasteiger partial charge is 0.196 e. The van der Waals surface area contributed by atoms with Gasteiger partial charge in [0, 0.05) is 28.1 Å². The van der Waals surface area contributed by atoms with Crippen LogP contribution in [0.2, 0.25) is 4.34 Å². The number of fused-ring (bicyclic) bond motifs is 1. The molecule has 0 fully saturated rings. The van der Waals surface area contributed by atoms with E-state index in [-0.39, 0.29) is 0 Å². The third-order valence-electron chi connectivity index (χ3n) is 4.09. The van der Waals surface area contributed by atoms with Crippen molar-refractivity contribution in [2.45, 2.75) is 12.1 Å². The quantitative estimate of drug-likeness (QED) is 0.277. The first-order chi connectivity index (χ1) is 13.3. The molecule has 4 aromatic rings. The van der Waals surface area contributed by atoms with Gasteiger partial charge in [-0.3, -0.25) is 4.57 Å². The molecule has 4 nitrogen and oxygen atoms in total. The third kappa shape index (κ3) is 3.75. The number of rotatable bonds is 7. The summed E-state index contributed by atoms with van der Waals surface area (Å²) in [7, 11) is 0. The molecule has 0 atom stereocenters. The largest absolute Gasteiger partial charge is 0.381 e. The highest BCUT2D eigenvalue weighted by Gasteiger charge is 2.21. The van der Waals surface area contributed by atoms with Gasteiger partial charge in [0.25, 0.3) is 0 Å². The molecule has 0 aliphatic heterocycles. The van der Waals surface area contributed by atoms with Gasteiger partial charge in [-0.1, -0.05) is 59.8 Å². The average molecular weight is 416 g/mol. The molecular weight excluding hydrogens is 398 g/mol. The van der Waals surface area contributed by atoms with Crippen LogP contribution in [0.1, 0.15) is 6.92 Å². The molecule has 2 heterocycles. The molecule has 0 aliphatic carbocycles. The fourth-order valence-electron chi connectivity index (χ4n) is 2.90. The molecule has 0 radical (unpaired) electrons. The molecule has 0 bridgehead atoms. The summed E-state index contributed by atoms with van der Waals surface area (Å²) in [5, 5.41) is 10.9. The van der Waals surface area contributed by atoms with Gasteiger partial charge in [0.15, 0.2) is 11.0 Å². The number of ether oxygens (including phenoxy) is 1. The third-order valence-corrected chi connectivity index (χ3v) is 6.36. The van der Waals surface area contributed by atoms with E-state index in [2.05, 4.69) is 39.0 Å². The van der Waals surface area contributed by atoms with Crippen LogP contribution in [0, 0.1) is 0 Å². The predicted octanol–water partition coefficient (Wildman–Crippen LogP) is 5.93. The molecular formula is C20H18ClN3OS2. The summed E-state index contributed by atoms with van der Waals surface area (Å²) in [4.78, 5) is 0. The number of nitrogens with zero attached hydrogens (tertiary/aromatic N) is 3. The lowest BCUT2D eigenvalue weighted by atomic mass is 10.1. The van der Waals surface area contributed by atoms with Gasteiger partial charge in [-0.15, -0.1) is 21.5 Å². The van der Waals surface area contributed by atoms with Crippen molar-refractivity contribution in [3.63, 3.8) is 0 Å². The standard InChI is InChI=1S/C20H18ClN3OS2/c1-2-25-12-13-26-20-23-22-19(24(20)14-8-4-3-5-9-14)17-15-10-6-7-11-16(15)27-18(17)21/h3-11H,2,12-13H2,1H3. The van der Waals surface area contributed by atoms with E-state index in [1.54, 1.807) is 23.1 Å². The average Bonchev–Trinajstić information content (AvgIpc) is 3.25. The van der Waals surface area contributed by atoms with Gasteiger partial charge in [-0.25, -0.2) is 0 Å². The molecule has 27 heavy (non-hydrogen) atoms. The molecule has 0 saturated heterocycles. The SMILES string of the molecule is CCOCCSc1nnc(-c2c(Cl)sc3ccccc23)n1-c1ccccc1. The van der Waals surface area contributed by atoms with Gasteiger partial charge in [0.1, 0.15) is 4.34 Å². The number of thiophene rings is 1. The summed E-state index contributed by atoms with van der Waals surface area (Å²) in [5.74, 6) is 1.58. The fourth-order valence-corrected chi connectivity index (χ4v) is 5.06. The first-order valence-corrected chi connectivity index (χ1v) is 10.9. The van der Waals surface area contributed by atoms with Crippen molar-refractivity contribution in [2.24, 2.45) is 0 Å². The van der Waals surface area contributed by atoms with Crippen LogP contribution in [0.3, 0.4) is 0 Å². The van der Waals surface area contributed by atoms with Gasteiger partial charge >= 0.3 is 0 Å². The minimum atomic E-state index is 0.681. The first-order valence-electron chi connectivity index (χ1n) is 8.68. The maximum absolute atomic E-state index is 6.63. The fraction of sp³-hybridized carbons (Fsp3) is 0.200. The van der Waals surface area contributed by atoms with Crippen LogP contribution >= 0.6 is 34.7 Å². The molecule has 2 aromatic heterocycles. The van der Waals surface area contributed by atoms with E-state index in [4.69, 9.17) is 16.3 Å². The van der Waals surface area contributed by atoms with Crippen LogP contribution in [-0.4, -0.2) is 33.7 Å². The minimum absolute atomic E-state index is 0.681. The number of aromatic nitrogens is 3. The Kier molecular flexibility index (Phi) is 5.78. The van der Waals surface area contributed by atoms with Crippen molar-refractivity contribution < 1.29 is 4.74 Å².